The molecule has 0 unspecified atom stereocenters. The van der Waals surface area contributed by atoms with E-state index < -0.39 is 17.8 Å². The van der Waals surface area contributed by atoms with Gasteiger partial charge in [-0.05, 0) is 49.7 Å². The second-order valence-corrected chi connectivity index (χ2v) is 9.70. The average molecular weight is 434 g/mol. The number of likely N-dealkylation sites (tertiary alicyclic amines) is 1. The van der Waals surface area contributed by atoms with Crippen LogP contribution in [-0.4, -0.2) is 47.8 Å². The van der Waals surface area contributed by atoms with Gasteiger partial charge in [0, 0.05) is 25.6 Å². The van der Waals surface area contributed by atoms with Crippen molar-refractivity contribution in [3.05, 3.63) is 35.6 Å². The molecule has 1 aromatic carbocycles. The molecule has 0 saturated carbocycles. The Hall–Kier alpha value is -2.44. The van der Waals surface area contributed by atoms with E-state index in [0.717, 1.165) is 6.42 Å². The fourth-order valence-electron chi connectivity index (χ4n) is 3.74. The van der Waals surface area contributed by atoms with Crippen molar-refractivity contribution in [2.45, 2.75) is 72.4 Å². The number of hydrogen-bond acceptors (Lipinski definition) is 3. The number of hydrogen-bond donors (Lipinski definition) is 2. The highest BCUT2D eigenvalue weighted by atomic mass is 19.1. The van der Waals surface area contributed by atoms with Gasteiger partial charge in [-0.15, -0.1) is 0 Å². The van der Waals surface area contributed by atoms with Gasteiger partial charge in [0.25, 0.3) is 5.91 Å². The van der Waals surface area contributed by atoms with Crippen LogP contribution in [0, 0.1) is 17.2 Å². The second-order valence-electron chi connectivity index (χ2n) is 9.70. The van der Waals surface area contributed by atoms with E-state index >= 15 is 0 Å². The van der Waals surface area contributed by atoms with Crippen LogP contribution in [0.1, 0.15) is 70.7 Å². The molecule has 3 amide bonds. The molecule has 1 aromatic rings. The Morgan fingerprint density at radius 1 is 1.13 bits per heavy atom. The van der Waals surface area contributed by atoms with Crippen molar-refractivity contribution in [2.75, 3.05) is 13.1 Å². The molecule has 1 heterocycles. The number of rotatable bonds is 7. The van der Waals surface area contributed by atoms with Crippen LogP contribution in [0.15, 0.2) is 24.3 Å². The van der Waals surface area contributed by atoms with Gasteiger partial charge in [-0.3, -0.25) is 14.4 Å². The number of carbonyl (C=O) groups excluding carboxylic acids is 3. The number of halogens is 1. The highest BCUT2D eigenvalue weighted by molar-refractivity contribution is 5.97. The summed E-state index contributed by atoms with van der Waals surface area (Å²) in [6.07, 6.45) is 2.44. The fraction of sp³-hybridized carbons (Fsp3) is 0.625. The van der Waals surface area contributed by atoms with Gasteiger partial charge in [0.1, 0.15) is 11.9 Å². The van der Waals surface area contributed by atoms with Crippen molar-refractivity contribution in [3.63, 3.8) is 0 Å². The van der Waals surface area contributed by atoms with E-state index in [0.29, 0.717) is 32.4 Å². The average Bonchev–Trinajstić information content (AvgIpc) is 2.70. The molecule has 0 aliphatic carbocycles. The maximum absolute atomic E-state index is 14.1. The number of nitrogens with zero attached hydrogens (tertiary/aromatic N) is 1. The van der Waals surface area contributed by atoms with Gasteiger partial charge in [0.2, 0.25) is 11.8 Å². The quantitative estimate of drug-likeness (QED) is 0.691. The molecular formula is C24H36FN3O3. The molecule has 1 aliphatic rings. The predicted octanol–water partition coefficient (Wildman–Crippen LogP) is 3.51. The first-order chi connectivity index (χ1) is 14.5. The van der Waals surface area contributed by atoms with Crippen LogP contribution >= 0.6 is 0 Å². The van der Waals surface area contributed by atoms with Crippen LogP contribution < -0.4 is 10.6 Å². The van der Waals surface area contributed by atoms with Gasteiger partial charge >= 0.3 is 0 Å². The van der Waals surface area contributed by atoms with Crippen molar-refractivity contribution in [3.8, 4) is 0 Å². The second kappa shape index (κ2) is 10.7. The number of piperidine rings is 1. The third-order valence-corrected chi connectivity index (χ3v) is 5.73. The highest BCUT2D eigenvalue weighted by Gasteiger charge is 2.35. The van der Waals surface area contributed by atoms with Crippen molar-refractivity contribution in [1.29, 1.82) is 0 Å². The number of amides is 3. The Morgan fingerprint density at radius 2 is 1.74 bits per heavy atom. The molecule has 2 N–H and O–H groups in total. The molecule has 1 saturated heterocycles. The van der Waals surface area contributed by atoms with Crippen LogP contribution in [0.2, 0.25) is 0 Å². The lowest BCUT2D eigenvalue weighted by atomic mass is 9.87. The molecule has 2 atom stereocenters. The summed E-state index contributed by atoms with van der Waals surface area (Å²) in [5, 5.41) is 5.70. The molecule has 6 nitrogen and oxygen atoms in total. The third kappa shape index (κ3) is 7.33. The molecule has 0 radical (unpaired) electrons. The van der Waals surface area contributed by atoms with Gasteiger partial charge < -0.3 is 15.5 Å². The molecule has 31 heavy (non-hydrogen) atoms. The van der Waals surface area contributed by atoms with E-state index in [1.807, 2.05) is 39.5 Å². The first-order valence-electron chi connectivity index (χ1n) is 11.2. The summed E-state index contributed by atoms with van der Waals surface area (Å²) in [6, 6.07) is 4.93. The number of benzene rings is 1. The summed E-state index contributed by atoms with van der Waals surface area (Å²) >= 11 is 0. The van der Waals surface area contributed by atoms with Crippen molar-refractivity contribution >= 4 is 17.7 Å². The lowest BCUT2D eigenvalue weighted by Crippen LogP contribution is -2.55. The van der Waals surface area contributed by atoms with Gasteiger partial charge in [-0.25, -0.2) is 4.39 Å². The smallest absolute Gasteiger partial charge is 0.254 e. The lowest BCUT2D eigenvalue weighted by molar-refractivity contribution is -0.134. The van der Waals surface area contributed by atoms with Gasteiger partial charge in [0.15, 0.2) is 0 Å². The van der Waals surface area contributed by atoms with Crippen molar-refractivity contribution in [1.82, 2.24) is 15.5 Å². The van der Waals surface area contributed by atoms with Crippen LogP contribution in [0.4, 0.5) is 4.39 Å². The van der Waals surface area contributed by atoms with E-state index in [-0.39, 0.29) is 34.8 Å². The minimum absolute atomic E-state index is 0.0335. The van der Waals surface area contributed by atoms with Crippen LogP contribution in [-0.2, 0) is 9.59 Å². The Morgan fingerprint density at radius 3 is 2.29 bits per heavy atom. The van der Waals surface area contributed by atoms with E-state index in [4.69, 9.17) is 0 Å². The summed E-state index contributed by atoms with van der Waals surface area (Å²) in [7, 11) is 0. The van der Waals surface area contributed by atoms with Gasteiger partial charge in [-0.1, -0.05) is 39.8 Å². The molecule has 2 rings (SSSR count). The van der Waals surface area contributed by atoms with E-state index in [1.165, 1.54) is 18.2 Å². The minimum atomic E-state index is -0.777. The standard InChI is InChI=1S/C24H36FN3O3/c1-6-16(2)26-23(31)21(27-22(30)18-9-7-8-10-19(18)25)17-11-13-28(14-12-17)20(29)15-24(3,4)5/h7-10,16-17,21H,6,11-15H2,1-5H3,(H,26,31)(H,27,30)/t16-,21-/m1/s1. The molecular weight excluding hydrogens is 397 g/mol. The minimum Gasteiger partial charge on any atom is -0.352 e. The van der Waals surface area contributed by atoms with Gasteiger partial charge in [-0.2, -0.15) is 0 Å². The topological polar surface area (TPSA) is 78.5 Å². The molecule has 1 fully saturated rings. The molecule has 172 valence electrons. The molecule has 0 bridgehead atoms. The van der Waals surface area contributed by atoms with E-state index in [2.05, 4.69) is 10.6 Å². The van der Waals surface area contributed by atoms with Crippen LogP contribution in [0.3, 0.4) is 0 Å². The summed E-state index contributed by atoms with van der Waals surface area (Å²) in [4.78, 5) is 40.1. The first kappa shape index (κ1) is 24.8. The first-order valence-corrected chi connectivity index (χ1v) is 11.2. The van der Waals surface area contributed by atoms with Crippen LogP contribution in [0.5, 0.6) is 0 Å². The Balaban J connectivity index is 2.11. The van der Waals surface area contributed by atoms with E-state index in [1.54, 1.807) is 6.07 Å². The predicted molar refractivity (Wildman–Crippen MR) is 119 cm³/mol. The zero-order valence-corrected chi connectivity index (χ0v) is 19.3. The molecule has 0 spiro atoms. The number of nitrogens with one attached hydrogen (secondary N) is 2. The third-order valence-electron chi connectivity index (χ3n) is 5.73. The Labute approximate surface area is 185 Å². The Kier molecular flexibility index (Phi) is 8.60. The Bertz CT molecular complexity index is 783. The SMILES string of the molecule is CC[C@@H](C)NC(=O)[C@H](NC(=O)c1ccccc1F)C1CCN(C(=O)CC(C)(C)C)CC1. The van der Waals surface area contributed by atoms with Crippen molar-refractivity contribution in [2.24, 2.45) is 11.3 Å². The zero-order chi connectivity index (χ0) is 23.2. The molecule has 1 aliphatic heterocycles. The maximum Gasteiger partial charge on any atom is 0.254 e. The molecule has 0 aromatic heterocycles. The summed E-state index contributed by atoms with van der Waals surface area (Å²) in [5.74, 6) is -1.50. The lowest BCUT2D eigenvalue weighted by Gasteiger charge is -2.37. The fourth-order valence-corrected chi connectivity index (χ4v) is 3.74. The zero-order valence-electron chi connectivity index (χ0n) is 19.3. The summed E-state index contributed by atoms with van der Waals surface area (Å²) in [5.41, 5.74) is -0.165. The molecule has 7 heteroatoms. The highest BCUT2D eigenvalue weighted by Crippen LogP contribution is 2.25. The normalized spacial score (nSPS) is 17.0. The van der Waals surface area contributed by atoms with Gasteiger partial charge in [0.05, 0.1) is 5.56 Å². The summed E-state index contributed by atoms with van der Waals surface area (Å²) < 4.78 is 14.1. The largest absolute Gasteiger partial charge is 0.352 e. The van der Waals surface area contributed by atoms with Crippen LogP contribution in [0.25, 0.3) is 0 Å². The van der Waals surface area contributed by atoms with E-state index in [9.17, 15) is 18.8 Å². The monoisotopic (exact) mass is 433 g/mol. The summed E-state index contributed by atoms with van der Waals surface area (Å²) in [6.45, 7) is 11.1. The number of carbonyl (C=O) groups is 3. The maximum atomic E-state index is 14.1. The van der Waals surface area contributed by atoms with Crippen molar-refractivity contribution < 1.29 is 18.8 Å².